The first-order chi connectivity index (χ1) is 9.45. The third-order valence-electron chi connectivity index (χ3n) is 3.07. The molecule has 0 atom stereocenters. The number of rotatable bonds is 6. The molecule has 0 saturated heterocycles. The van der Waals surface area contributed by atoms with E-state index in [-0.39, 0.29) is 5.82 Å². The molecule has 0 radical (unpaired) electrons. The Kier molecular flexibility index (Phi) is 4.35. The van der Waals surface area contributed by atoms with Crippen LogP contribution in [-0.4, -0.2) is 29.1 Å². The predicted octanol–water partition coefficient (Wildman–Crippen LogP) is 3.31. The standard InChI is InChI=1S/C13H19F3N4/c1-3-7-20(9-5-6-9)11-8-10(17-4-2)18-12(19-11)13(14,15)16/h8-9H,3-7H2,1-2H3,(H,17,18,19). The second-order valence-electron chi connectivity index (χ2n) is 4.89. The van der Waals surface area contributed by atoms with Crippen LogP contribution >= 0.6 is 0 Å². The lowest BCUT2D eigenvalue weighted by Crippen LogP contribution is -2.28. The van der Waals surface area contributed by atoms with Crippen molar-refractivity contribution in [2.24, 2.45) is 0 Å². The van der Waals surface area contributed by atoms with Crippen LogP contribution in [0.3, 0.4) is 0 Å². The lowest BCUT2D eigenvalue weighted by Gasteiger charge is -2.24. The van der Waals surface area contributed by atoms with Gasteiger partial charge >= 0.3 is 6.18 Å². The van der Waals surface area contributed by atoms with Crippen molar-refractivity contribution < 1.29 is 13.2 Å². The second kappa shape index (κ2) is 5.85. The molecule has 1 aliphatic rings. The highest BCUT2D eigenvalue weighted by atomic mass is 19.4. The van der Waals surface area contributed by atoms with Crippen LogP contribution in [0.2, 0.25) is 0 Å². The number of nitrogens with zero attached hydrogens (tertiary/aromatic N) is 3. The summed E-state index contributed by atoms with van der Waals surface area (Å²) in [7, 11) is 0. The zero-order chi connectivity index (χ0) is 14.8. The fraction of sp³-hybridized carbons (Fsp3) is 0.692. The Morgan fingerprint density at radius 2 is 2.00 bits per heavy atom. The Hall–Kier alpha value is -1.53. The summed E-state index contributed by atoms with van der Waals surface area (Å²) in [6, 6.07) is 1.92. The van der Waals surface area contributed by atoms with Crippen molar-refractivity contribution in [3.05, 3.63) is 11.9 Å². The van der Waals surface area contributed by atoms with E-state index in [1.165, 1.54) is 0 Å². The smallest absolute Gasteiger partial charge is 0.370 e. The minimum absolute atomic E-state index is 0.228. The molecule has 112 valence electrons. The lowest BCUT2D eigenvalue weighted by atomic mass is 10.3. The van der Waals surface area contributed by atoms with E-state index < -0.39 is 12.0 Å². The number of aromatic nitrogens is 2. The van der Waals surface area contributed by atoms with Crippen molar-refractivity contribution in [3.8, 4) is 0 Å². The summed E-state index contributed by atoms with van der Waals surface area (Å²) >= 11 is 0. The van der Waals surface area contributed by atoms with Crippen molar-refractivity contribution in [1.82, 2.24) is 9.97 Å². The van der Waals surface area contributed by atoms with Crippen molar-refractivity contribution >= 4 is 11.6 Å². The molecular weight excluding hydrogens is 269 g/mol. The van der Waals surface area contributed by atoms with E-state index in [1.54, 1.807) is 6.07 Å². The Bertz CT molecular complexity index is 457. The first kappa shape index (κ1) is 14.9. The fourth-order valence-electron chi connectivity index (χ4n) is 2.09. The SMILES string of the molecule is CCCN(c1cc(NCC)nc(C(F)(F)F)n1)C1CC1. The molecule has 1 fully saturated rings. The Balaban J connectivity index is 2.36. The van der Waals surface area contributed by atoms with Gasteiger partial charge in [-0.2, -0.15) is 13.2 Å². The van der Waals surface area contributed by atoms with Gasteiger partial charge < -0.3 is 10.2 Å². The molecule has 1 aromatic heterocycles. The Morgan fingerprint density at radius 1 is 1.30 bits per heavy atom. The van der Waals surface area contributed by atoms with Crippen molar-refractivity contribution in [3.63, 3.8) is 0 Å². The molecule has 1 aromatic rings. The van der Waals surface area contributed by atoms with Gasteiger partial charge in [0.1, 0.15) is 11.6 Å². The van der Waals surface area contributed by atoms with E-state index in [2.05, 4.69) is 15.3 Å². The van der Waals surface area contributed by atoms with Gasteiger partial charge in [0.05, 0.1) is 0 Å². The van der Waals surface area contributed by atoms with Crippen molar-refractivity contribution in [1.29, 1.82) is 0 Å². The summed E-state index contributed by atoms with van der Waals surface area (Å²) in [6.07, 6.45) is -1.62. The molecule has 2 rings (SSSR count). The molecule has 20 heavy (non-hydrogen) atoms. The number of halogens is 3. The molecule has 0 amide bonds. The third kappa shape index (κ3) is 3.52. The van der Waals surface area contributed by atoms with E-state index in [1.807, 2.05) is 18.7 Å². The van der Waals surface area contributed by atoms with Crippen LogP contribution < -0.4 is 10.2 Å². The Labute approximate surface area is 116 Å². The van der Waals surface area contributed by atoms with Crippen LogP contribution in [-0.2, 0) is 6.18 Å². The van der Waals surface area contributed by atoms with Crippen LogP contribution in [0.15, 0.2) is 6.07 Å². The van der Waals surface area contributed by atoms with Gasteiger partial charge in [0, 0.05) is 25.2 Å². The van der Waals surface area contributed by atoms with E-state index in [9.17, 15) is 13.2 Å². The maximum atomic E-state index is 12.9. The highest BCUT2D eigenvalue weighted by Gasteiger charge is 2.37. The summed E-state index contributed by atoms with van der Waals surface area (Å²) in [4.78, 5) is 9.22. The number of hydrogen-bond acceptors (Lipinski definition) is 4. The van der Waals surface area contributed by atoms with Gasteiger partial charge in [-0.3, -0.25) is 0 Å². The lowest BCUT2D eigenvalue weighted by molar-refractivity contribution is -0.144. The number of alkyl halides is 3. The van der Waals surface area contributed by atoms with Crippen LogP contribution in [0.5, 0.6) is 0 Å². The summed E-state index contributed by atoms with van der Waals surface area (Å²) < 4.78 is 38.6. The molecule has 0 aromatic carbocycles. The van der Waals surface area contributed by atoms with Crippen LogP contribution in [0.4, 0.5) is 24.8 Å². The first-order valence-electron chi connectivity index (χ1n) is 6.92. The fourth-order valence-corrected chi connectivity index (χ4v) is 2.09. The third-order valence-corrected chi connectivity index (χ3v) is 3.07. The monoisotopic (exact) mass is 288 g/mol. The van der Waals surface area contributed by atoms with Crippen LogP contribution in [0, 0.1) is 0 Å². The largest absolute Gasteiger partial charge is 0.451 e. The summed E-state index contributed by atoms with van der Waals surface area (Å²) in [5.74, 6) is -0.480. The van der Waals surface area contributed by atoms with Gasteiger partial charge in [0.2, 0.25) is 5.82 Å². The van der Waals surface area contributed by atoms with E-state index in [0.717, 1.165) is 19.3 Å². The molecule has 4 nitrogen and oxygen atoms in total. The maximum Gasteiger partial charge on any atom is 0.451 e. The molecule has 1 heterocycles. The molecule has 0 aliphatic heterocycles. The average molecular weight is 288 g/mol. The number of anilines is 2. The second-order valence-corrected chi connectivity index (χ2v) is 4.89. The molecule has 7 heteroatoms. The topological polar surface area (TPSA) is 41.0 Å². The van der Waals surface area contributed by atoms with Crippen molar-refractivity contribution in [2.45, 2.75) is 45.3 Å². The van der Waals surface area contributed by atoms with Gasteiger partial charge in [-0.05, 0) is 26.2 Å². The van der Waals surface area contributed by atoms with Gasteiger partial charge in [0.15, 0.2) is 0 Å². The van der Waals surface area contributed by atoms with Gasteiger partial charge in [-0.15, -0.1) is 0 Å². The van der Waals surface area contributed by atoms with Gasteiger partial charge in [-0.1, -0.05) is 6.92 Å². The van der Waals surface area contributed by atoms with E-state index in [4.69, 9.17) is 0 Å². The number of nitrogens with one attached hydrogen (secondary N) is 1. The normalized spacial score (nSPS) is 15.2. The minimum Gasteiger partial charge on any atom is -0.370 e. The highest BCUT2D eigenvalue weighted by Crippen LogP contribution is 2.34. The molecule has 0 unspecified atom stereocenters. The average Bonchev–Trinajstić information content (AvgIpc) is 3.19. The zero-order valence-electron chi connectivity index (χ0n) is 11.7. The maximum absolute atomic E-state index is 12.9. The molecule has 0 spiro atoms. The van der Waals surface area contributed by atoms with E-state index in [0.29, 0.717) is 24.9 Å². The van der Waals surface area contributed by atoms with Gasteiger partial charge in [0.25, 0.3) is 0 Å². The van der Waals surface area contributed by atoms with Crippen LogP contribution in [0.25, 0.3) is 0 Å². The minimum atomic E-state index is -4.53. The molecule has 1 aliphatic carbocycles. The quantitative estimate of drug-likeness (QED) is 0.872. The summed E-state index contributed by atoms with van der Waals surface area (Å²) in [5.41, 5.74) is 0. The summed E-state index contributed by atoms with van der Waals surface area (Å²) in [5, 5.41) is 2.84. The molecule has 1 saturated carbocycles. The molecular formula is C13H19F3N4. The van der Waals surface area contributed by atoms with Crippen molar-refractivity contribution in [2.75, 3.05) is 23.3 Å². The molecule has 0 bridgehead atoms. The summed E-state index contributed by atoms with van der Waals surface area (Å²) in [6.45, 7) is 5.06. The predicted molar refractivity (Wildman–Crippen MR) is 71.9 cm³/mol. The highest BCUT2D eigenvalue weighted by molar-refractivity contribution is 5.51. The number of hydrogen-bond donors (Lipinski definition) is 1. The zero-order valence-corrected chi connectivity index (χ0v) is 11.7. The first-order valence-corrected chi connectivity index (χ1v) is 6.92. The van der Waals surface area contributed by atoms with Crippen LogP contribution in [0.1, 0.15) is 38.9 Å². The molecule has 1 N–H and O–H groups in total. The Morgan fingerprint density at radius 3 is 2.50 bits per heavy atom. The van der Waals surface area contributed by atoms with Gasteiger partial charge in [-0.25, -0.2) is 9.97 Å². The van der Waals surface area contributed by atoms with E-state index >= 15 is 0 Å².